The minimum absolute atomic E-state index is 0.231. The van der Waals surface area contributed by atoms with Crippen LogP contribution in [0, 0.1) is 6.92 Å². The van der Waals surface area contributed by atoms with Gasteiger partial charge in [-0.1, -0.05) is 30.3 Å². The highest BCUT2D eigenvalue weighted by Crippen LogP contribution is 2.30. The highest BCUT2D eigenvalue weighted by Gasteiger charge is 2.15. The van der Waals surface area contributed by atoms with Crippen molar-refractivity contribution in [3.05, 3.63) is 65.4 Å². The average molecular weight is 308 g/mol. The van der Waals surface area contributed by atoms with Crippen LogP contribution in [0.2, 0.25) is 0 Å². The number of phenolic OH excluding ortho intramolecular Hbond substituents is 1. The first-order chi connectivity index (χ1) is 11.1. The van der Waals surface area contributed by atoms with Crippen LogP contribution >= 0.6 is 0 Å². The minimum Gasteiger partial charge on any atom is -0.508 e. The van der Waals surface area contributed by atoms with Crippen molar-refractivity contribution in [3.8, 4) is 5.75 Å². The minimum atomic E-state index is -0.312. The van der Waals surface area contributed by atoms with Gasteiger partial charge in [0.05, 0.1) is 0 Å². The Labute approximate surface area is 135 Å². The second kappa shape index (κ2) is 6.16. The Morgan fingerprint density at radius 3 is 2.61 bits per heavy atom. The summed E-state index contributed by atoms with van der Waals surface area (Å²) in [6.07, 6.45) is 0.893. The van der Waals surface area contributed by atoms with Crippen molar-refractivity contribution in [1.82, 2.24) is 4.57 Å². The zero-order chi connectivity index (χ0) is 16.4. The van der Waals surface area contributed by atoms with Crippen molar-refractivity contribution in [2.45, 2.75) is 26.3 Å². The van der Waals surface area contributed by atoms with Crippen LogP contribution in [-0.2, 0) is 17.8 Å². The normalized spacial score (nSPS) is 11.0. The summed E-state index contributed by atoms with van der Waals surface area (Å²) < 4.78 is 2.22. The highest BCUT2D eigenvalue weighted by atomic mass is 16.3. The third kappa shape index (κ3) is 3.06. The van der Waals surface area contributed by atoms with E-state index in [2.05, 4.69) is 23.6 Å². The van der Waals surface area contributed by atoms with Crippen LogP contribution in [0.25, 0.3) is 10.9 Å². The summed E-state index contributed by atoms with van der Waals surface area (Å²) in [5.74, 6) is -0.0804. The maximum Gasteiger partial charge on any atom is 0.217 e. The fourth-order valence-electron chi connectivity index (χ4n) is 3.07. The summed E-state index contributed by atoms with van der Waals surface area (Å²) >= 11 is 0. The van der Waals surface area contributed by atoms with Gasteiger partial charge in [0.25, 0.3) is 0 Å². The number of nitrogens with two attached hydrogens (primary N) is 1. The number of aromatic hydroxyl groups is 1. The third-order valence-corrected chi connectivity index (χ3v) is 4.24. The summed E-state index contributed by atoms with van der Waals surface area (Å²) in [4.78, 5) is 11.2. The Balaban J connectivity index is 2.10. The van der Waals surface area contributed by atoms with Crippen LogP contribution in [0.5, 0.6) is 5.75 Å². The van der Waals surface area contributed by atoms with Gasteiger partial charge in [-0.25, -0.2) is 0 Å². The van der Waals surface area contributed by atoms with Gasteiger partial charge in [-0.3, -0.25) is 4.79 Å². The topological polar surface area (TPSA) is 68.2 Å². The third-order valence-electron chi connectivity index (χ3n) is 4.24. The number of aryl methyl sites for hydroxylation is 1. The molecule has 4 heteroatoms. The van der Waals surface area contributed by atoms with E-state index in [-0.39, 0.29) is 11.7 Å². The van der Waals surface area contributed by atoms with Crippen molar-refractivity contribution >= 4 is 16.8 Å². The smallest absolute Gasteiger partial charge is 0.217 e. The Bertz CT molecular complexity index is 851. The summed E-state index contributed by atoms with van der Waals surface area (Å²) in [6, 6.07) is 15.6. The molecule has 0 saturated heterocycles. The summed E-state index contributed by atoms with van der Waals surface area (Å²) in [6.45, 7) is 2.81. The molecule has 1 aromatic heterocycles. The van der Waals surface area contributed by atoms with Gasteiger partial charge < -0.3 is 15.4 Å². The molecule has 0 atom stereocenters. The molecular weight excluding hydrogens is 288 g/mol. The number of carbonyl (C=O) groups excluding carboxylic acids is 1. The lowest BCUT2D eigenvalue weighted by molar-refractivity contribution is -0.117. The molecule has 0 aliphatic rings. The van der Waals surface area contributed by atoms with E-state index in [9.17, 15) is 9.90 Å². The Hall–Kier alpha value is -2.75. The van der Waals surface area contributed by atoms with Crippen molar-refractivity contribution in [3.63, 3.8) is 0 Å². The number of carbonyl (C=O) groups is 1. The van der Waals surface area contributed by atoms with Crippen LogP contribution in [0.4, 0.5) is 0 Å². The van der Waals surface area contributed by atoms with Crippen LogP contribution in [0.3, 0.4) is 0 Å². The predicted molar refractivity (Wildman–Crippen MR) is 91.4 cm³/mol. The van der Waals surface area contributed by atoms with E-state index in [1.54, 1.807) is 12.1 Å². The van der Waals surface area contributed by atoms with Crippen LogP contribution in [-0.4, -0.2) is 15.6 Å². The Morgan fingerprint density at radius 1 is 1.17 bits per heavy atom. The van der Waals surface area contributed by atoms with Crippen LogP contribution in [0.15, 0.2) is 48.5 Å². The molecule has 1 amide bonds. The number of aromatic nitrogens is 1. The number of nitrogens with zero attached hydrogens (tertiary/aromatic N) is 1. The van der Waals surface area contributed by atoms with Crippen LogP contribution in [0.1, 0.15) is 23.2 Å². The first-order valence-electron chi connectivity index (χ1n) is 7.69. The van der Waals surface area contributed by atoms with E-state index < -0.39 is 0 Å². The van der Waals surface area contributed by atoms with E-state index in [0.29, 0.717) is 12.8 Å². The summed E-state index contributed by atoms with van der Waals surface area (Å²) in [5, 5.41) is 10.8. The second-order valence-electron chi connectivity index (χ2n) is 5.80. The fraction of sp³-hybridized carbons (Fsp3) is 0.211. The summed E-state index contributed by atoms with van der Waals surface area (Å²) in [5.41, 5.74) is 9.75. The van der Waals surface area contributed by atoms with Gasteiger partial charge in [-0.15, -0.1) is 0 Å². The number of benzene rings is 2. The first kappa shape index (κ1) is 15.2. The fourth-order valence-corrected chi connectivity index (χ4v) is 3.07. The van der Waals surface area contributed by atoms with Crippen molar-refractivity contribution in [1.29, 1.82) is 0 Å². The van der Waals surface area contributed by atoms with Crippen LogP contribution < -0.4 is 5.73 Å². The molecule has 2 aromatic carbocycles. The number of phenols is 1. The van der Waals surface area contributed by atoms with Gasteiger partial charge in [0.1, 0.15) is 5.75 Å². The molecular formula is C19H20N2O2. The Morgan fingerprint density at radius 2 is 1.91 bits per heavy atom. The molecule has 0 radical (unpaired) electrons. The molecule has 0 unspecified atom stereocenters. The standard InChI is InChI=1S/C19H20N2O2/c1-13-16(8-10-19(20)23)17-11-15(22)7-9-18(17)21(13)12-14-5-3-2-4-6-14/h2-7,9,11,22H,8,10,12H2,1H3,(H2,20,23). The largest absolute Gasteiger partial charge is 0.508 e. The van der Waals surface area contributed by atoms with Gasteiger partial charge in [0.2, 0.25) is 5.91 Å². The maximum absolute atomic E-state index is 11.2. The van der Waals surface area contributed by atoms with Gasteiger partial charge in [0, 0.05) is 29.6 Å². The number of rotatable bonds is 5. The quantitative estimate of drug-likeness (QED) is 0.760. The zero-order valence-electron chi connectivity index (χ0n) is 13.1. The molecule has 3 N–H and O–H groups in total. The van der Waals surface area contributed by atoms with Gasteiger partial charge in [0.15, 0.2) is 0 Å². The van der Waals surface area contributed by atoms with E-state index >= 15 is 0 Å². The molecule has 0 aliphatic heterocycles. The molecule has 0 bridgehead atoms. The molecule has 118 valence electrons. The lowest BCUT2D eigenvalue weighted by Gasteiger charge is -2.09. The number of hydrogen-bond donors (Lipinski definition) is 2. The van der Waals surface area contributed by atoms with E-state index in [1.165, 1.54) is 5.56 Å². The van der Waals surface area contributed by atoms with Crippen molar-refractivity contribution in [2.75, 3.05) is 0 Å². The van der Waals surface area contributed by atoms with Crippen molar-refractivity contribution < 1.29 is 9.90 Å². The lowest BCUT2D eigenvalue weighted by Crippen LogP contribution is -2.11. The lowest BCUT2D eigenvalue weighted by atomic mass is 10.1. The van der Waals surface area contributed by atoms with Gasteiger partial charge in [-0.2, -0.15) is 0 Å². The van der Waals surface area contributed by atoms with E-state index in [4.69, 9.17) is 5.73 Å². The average Bonchev–Trinajstić information content (AvgIpc) is 2.78. The molecule has 0 saturated carbocycles. The molecule has 4 nitrogen and oxygen atoms in total. The highest BCUT2D eigenvalue weighted by molar-refractivity contribution is 5.87. The summed E-state index contributed by atoms with van der Waals surface area (Å²) in [7, 11) is 0. The van der Waals surface area contributed by atoms with Gasteiger partial charge >= 0.3 is 0 Å². The van der Waals surface area contributed by atoms with Gasteiger partial charge in [-0.05, 0) is 42.7 Å². The molecule has 1 heterocycles. The predicted octanol–water partition coefficient (Wildman–Crippen LogP) is 3.12. The molecule has 0 fully saturated rings. The monoisotopic (exact) mass is 308 g/mol. The first-order valence-corrected chi connectivity index (χ1v) is 7.69. The molecule has 3 rings (SSSR count). The maximum atomic E-state index is 11.2. The molecule has 0 spiro atoms. The van der Waals surface area contributed by atoms with Crippen molar-refractivity contribution in [2.24, 2.45) is 5.73 Å². The molecule has 0 aliphatic carbocycles. The zero-order valence-corrected chi connectivity index (χ0v) is 13.1. The number of hydrogen-bond acceptors (Lipinski definition) is 2. The van der Waals surface area contributed by atoms with E-state index in [1.807, 2.05) is 24.3 Å². The Kier molecular flexibility index (Phi) is 4.06. The number of amides is 1. The SMILES string of the molecule is Cc1c(CCC(N)=O)c2cc(O)ccc2n1Cc1ccccc1. The number of fused-ring (bicyclic) bond motifs is 1. The second-order valence-corrected chi connectivity index (χ2v) is 5.80. The van der Waals surface area contributed by atoms with E-state index in [0.717, 1.165) is 28.7 Å². The number of primary amides is 1. The molecule has 23 heavy (non-hydrogen) atoms. The molecule has 3 aromatic rings.